The van der Waals surface area contributed by atoms with Gasteiger partial charge in [-0.3, -0.25) is 0 Å². The van der Waals surface area contributed by atoms with Gasteiger partial charge in [0.2, 0.25) is 5.95 Å². The lowest BCUT2D eigenvalue weighted by Gasteiger charge is -2.30. The quantitative estimate of drug-likeness (QED) is 0.713. The Morgan fingerprint density at radius 1 is 0.963 bits per heavy atom. The molecule has 2 heterocycles. The number of rotatable bonds is 5. The van der Waals surface area contributed by atoms with E-state index in [1.54, 1.807) is 6.20 Å². The van der Waals surface area contributed by atoms with E-state index in [0.29, 0.717) is 5.95 Å². The highest BCUT2D eigenvalue weighted by Gasteiger charge is 2.14. The molecule has 0 amide bonds. The fraction of sp³-hybridized carbons (Fsp3) is 0.238. The van der Waals surface area contributed by atoms with Gasteiger partial charge in [0.1, 0.15) is 5.82 Å². The van der Waals surface area contributed by atoms with Gasteiger partial charge in [-0.05, 0) is 42.8 Å². The van der Waals surface area contributed by atoms with E-state index >= 15 is 0 Å². The van der Waals surface area contributed by atoms with Crippen LogP contribution in [0, 0.1) is 6.92 Å². The minimum absolute atomic E-state index is 0.564. The van der Waals surface area contributed by atoms with Gasteiger partial charge in [0, 0.05) is 25.0 Å². The van der Waals surface area contributed by atoms with E-state index in [1.165, 1.54) is 5.56 Å². The summed E-state index contributed by atoms with van der Waals surface area (Å²) in [5, 5.41) is 6.69. The molecule has 0 atom stereocenters. The van der Waals surface area contributed by atoms with Crippen LogP contribution in [0.4, 0.5) is 28.8 Å². The first kappa shape index (κ1) is 17.3. The van der Waals surface area contributed by atoms with E-state index in [4.69, 9.17) is 4.74 Å². The summed E-state index contributed by atoms with van der Waals surface area (Å²) >= 11 is 0. The van der Waals surface area contributed by atoms with Crippen molar-refractivity contribution < 1.29 is 4.74 Å². The Balaban J connectivity index is 1.53. The van der Waals surface area contributed by atoms with Crippen LogP contribution in [-0.4, -0.2) is 36.3 Å². The molecule has 4 rings (SSSR count). The number of nitrogens with one attached hydrogen (secondary N) is 2. The monoisotopic (exact) mass is 361 g/mol. The summed E-state index contributed by atoms with van der Waals surface area (Å²) in [7, 11) is 0. The minimum atomic E-state index is 0.564. The van der Waals surface area contributed by atoms with Crippen molar-refractivity contribution in [1.82, 2.24) is 9.97 Å². The second kappa shape index (κ2) is 8.05. The van der Waals surface area contributed by atoms with Gasteiger partial charge in [0.05, 0.1) is 24.6 Å². The van der Waals surface area contributed by atoms with E-state index in [9.17, 15) is 0 Å². The Morgan fingerprint density at radius 2 is 1.81 bits per heavy atom. The van der Waals surface area contributed by atoms with Crippen LogP contribution in [0.15, 0.2) is 60.8 Å². The Labute approximate surface area is 159 Å². The third kappa shape index (κ3) is 4.35. The number of morpholine rings is 1. The average Bonchev–Trinajstić information content (AvgIpc) is 2.69. The molecule has 1 aliphatic heterocycles. The first-order chi connectivity index (χ1) is 13.3. The highest BCUT2D eigenvalue weighted by molar-refractivity contribution is 5.74. The molecule has 6 heteroatoms. The SMILES string of the molecule is Cc1cccc(Nc2nccc(Nc3ccccc3N3CCOCC3)n2)c1. The zero-order valence-corrected chi connectivity index (χ0v) is 15.4. The third-order valence-corrected chi connectivity index (χ3v) is 4.45. The maximum Gasteiger partial charge on any atom is 0.229 e. The number of aromatic nitrogens is 2. The van der Waals surface area contributed by atoms with Crippen LogP contribution in [0.25, 0.3) is 0 Å². The topological polar surface area (TPSA) is 62.3 Å². The molecule has 0 aliphatic carbocycles. The summed E-state index contributed by atoms with van der Waals surface area (Å²) in [5.74, 6) is 1.32. The molecule has 1 aromatic heterocycles. The summed E-state index contributed by atoms with van der Waals surface area (Å²) < 4.78 is 5.47. The number of para-hydroxylation sites is 2. The predicted octanol–water partition coefficient (Wildman–Crippen LogP) is 4.11. The molecule has 3 aromatic rings. The van der Waals surface area contributed by atoms with Crippen molar-refractivity contribution in [3.63, 3.8) is 0 Å². The van der Waals surface area contributed by atoms with Crippen molar-refractivity contribution in [3.8, 4) is 0 Å². The predicted molar refractivity (Wildman–Crippen MR) is 109 cm³/mol. The second-order valence-electron chi connectivity index (χ2n) is 6.50. The molecule has 1 fully saturated rings. The number of anilines is 5. The van der Waals surface area contributed by atoms with Crippen LogP contribution in [0.1, 0.15) is 5.56 Å². The molecule has 0 spiro atoms. The van der Waals surface area contributed by atoms with E-state index in [-0.39, 0.29) is 0 Å². The maximum atomic E-state index is 5.47. The standard InChI is InChI=1S/C21H23N5O/c1-16-5-4-6-17(15-16)23-21-22-10-9-20(25-21)24-18-7-2-3-8-19(18)26-11-13-27-14-12-26/h2-10,15H,11-14H2,1H3,(H2,22,23,24,25). The Hall–Kier alpha value is -3.12. The molecule has 138 valence electrons. The molecule has 0 unspecified atom stereocenters. The average molecular weight is 361 g/mol. The molecule has 0 radical (unpaired) electrons. The number of ether oxygens (including phenoxy) is 1. The summed E-state index contributed by atoms with van der Waals surface area (Å²) in [6, 6.07) is 18.3. The first-order valence-corrected chi connectivity index (χ1v) is 9.13. The van der Waals surface area contributed by atoms with Gasteiger partial charge in [-0.15, -0.1) is 0 Å². The number of aryl methyl sites for hydroxylation is 1. The van der Waals surface area contributed by atoms with Crippen LogP contribution in [0.5, 0.6) is 0 Å². The Kier molecular flexibility index (Phi) is 5.16. The summed E-state index contributed by atoms with van der Waals surface area (Å²) in [6.45, 7) is 5.36. The van der Waals surface area contributed by atoms with Crippen LogP contribution in [-0.2, 0) is 4.74 Å². The molecule has 6 nitrogen and oxygen atoms in total. The highest BCUT2D eigenvalue weighted by atomic mass is 16.5. The molecule has 2 aromatic carbocycles. The van der Waals surface area contributed by atoms with Gasteiger partial charge in [-0.25, -0.2) is 4.98 Å². The lowest BCUT2D eigenvalue weighted by Crippen LogP contribution is -2.36. The molecular weight excluding hydrogens is 338 g/mol. The molecule has 2 N–H and O–H groups in total. The lowest BCUT2D eigenvalue weighted by molar-refractivity contribution is 0.123. The maximum absolute atomic E-state index is 5.47. The van der Waals surface area contributed by atoms with Gasteiger partial charge in [0.25, 0.3) is 0 Å². The number of nitrogens with zero attached hydrogens (tertiary/aromatic N) is 3. The van der Waals surface area contributed by atoms with Crippen LogP contribution in [0.2, 0.25) is 0 Å². The van der Waals surface area contributed by atoms with Crippen molar-refractivity contribution >= 4 is 28.8 Å². The van der Waals surface area contributed by atoms with Crippen molar-refractivity contribution in [1.29, 1.82) is 0 Å². The number of benzene rings is 2. The molecule has 1 aliphatic rings. The fourth-order valence-electron chi connectivity index (χ4n) is 3.14. The fourth-order valence-corrected chi connectivity index (χ4v) is 3.14. The van der Waals surface area contributed by atoms with Gasteiger partial charge in [-0.1, -0.05) is 24.3 Å². The van der Waals surface area contributed by atoms with Gasteiger partial charge >= 0.3 is 0 Å². The number of hydrogen-bond acceptors (Lipinski definition) is 6. The molecule has 27 heavy (non-hydrogen) atoms. The van der Waals surface area contributed by atoms with Crippen molar-refractivity contribution in [3.05, 3.63) is 66.4 Å². The summed E-state index contributed by atoms with van der Waals surface area (Å²) in [5.41, 5.74) is 4.35. The van der Waals surface area contributed by atoms with E-state index in [2.05, 4.69) is 62.8 Å². The van der Waals surface area contributed by atoms with Gasteiger partial charge in [-0.2, -0.15) is 4.98 Å². The smallest absolute Gasteiger partial charge is 0.229 e. The lowest BCUT2D eigenvalue weighted by atomic mass is 10.2. The van der Waals surface area contributed by atoms with E-state index in [0.717, 1.165) is 49.2 Å². The molecule has 1 saturated heterocycles. The van der Waals surface area contributed by atoms with Crippen molar-refractivity contribution in [2.75, 3.05) is 41.8 Å². The van der Waals surface area contributed by atoms with E-state index in [1.807, 2.05) is 24.3 Å². The normalized spacial score (nSPS) is 14.0. The largest absolute Gasteiger partial charge is 0.378 e. The number of hydrogen-bond donors (Lipinski definition) is 2. The van der Waals surface area contributed by atoms with Crippen molar-refractivity contribution in [2.24, 2.45) is 0 Å². The van der Waals surface area contributed by atoms with Gasteiger partial charge < -0.3 is 20.3 Å². The Morgan fingerprint density at radius 3 is 2.67 bits per heavy atom. The zero-order valence-electron chi connectivity index (χ0n) is 15.4. The Bertz CT molecular complexity index is 908. The summed E-state index contributed by atoms with van der Waals surface area (Å²) in [4.78, 5) is 11.3. The van der Waals surface area contributed by atoms with Gasteiger partial charge in [0.15, 0.2) is 0 Å². The van der Waals surface area contributed by atoms with E-state index < -0.39 is 0 Å². The highest BCUT2D eigenvalue weighted by Crippen LogP contribution is 2.29. The molecule has 0 saturated carbocycles. The molecule has 0 bridgehead atoms. The summed E-state index contributed by atoms with van der Waals surface area (Å²) in [6.07, 6.45) is 1.75. The second-order valence-corrected chi connectivity index (χ2v) is 6.50. The molecular formula is C21H23N5O. The first-order valence-electron chi connectivity index (χ1n) is 9.13. The zero-order chi connectivity index (χ0) is 18.5. The third-order valence-electron chi connectivity index (χ3n) is 4.45. The van der Waals surface area contributed by atoms with Crippen LogP contribution in [0.3, 0.4) is 0 Å². The van der Waals surface area contributed by atoms with Crippen LogP contribution < -0.4 is 15.5 Å². The van der Waals surface area contributed by atoms with Crippen molar-refractivity contribution in [2.45, 2.75) is 6.92 Å². The minimum Gasteiger partial charge on any atom is -0.378 e. The van der Waals surface area contributed by atoms with Crippen LogP contribution >= 0.6 is 0 Å².